The van der Waals surface area contributed by atoms with E-state index in [4.69, 9.17) is 0 Å². The SMILES string of the molecule is C=CCn1/c(=N/S(=O)(=O)c2ccccc2)sc2cc(C)ccc21. The molecule has 0 aliphatic heterocycles. The molecule has 0 N–H and O–H groups in total. The highest BCUT2D eigenvalue weighted by Gasteiger charge is 2.14. The largest absolute Gasteiger partial charge is 0.312 e. The van der Waals surface area contributed by atoms with Crippen molar-refractivity contribution >= 4 is 31.6 Å². The zero-order valence-electron chi connectivity index (χ0n) is 12.6. The maximum absolute atomic E-state index is 12.5. The average Bonchev–Trinajstić information content (AvgIpc) is 2.84. The third-order valence-electron chi connectivity index (χ3n) is 3.39. The Hall–Kier alpha value is -2.18. The maximum atomic E-state index is 12.5. The van der Waals surface area contributed by atoms with E-state index in [0.717, 1.165) is 15.8 Å². The fraction of sp³-hybridized carbons (Fsp3) is 0.118. The normalized spacial score (nSPS) is 12.7. The lowest BCUT2D eigenvalue weighted by Gasteiger charge is -2.02. The molecular formula is C17H16N2O2S2. The van der Waals surface area contributed by atoms with Crippen molar-refractivity contribution in [2.75, 3.05) is 0 Å². The van der Waals surface area contributed by atoms with E-state index in [0.29, 0.717) is 11.3 Å². The average molecular weight is 344 g/mol. The van der Waals surface area contributed by atoms with Gasteiger partial charge in [-0.05, 0) is 36.8 Å². The second kappa shape index (κ2) is 6.14. The van der Waals surface area contributed by atoms with Gasteiger partial charge in [0.2, 0.25) is 4.80 Å². The molecule has 1 heterocycles. The van der Waals surface area contributed by atoms with Gasteiger partial charge in [0.15, 0.2) is 0 Å². The van der Waals surface area contributed by atoms with Gasteiger partial charge in [0.25, 0.3) is 10.0 Å². The zero-order chi connectivity index (χ0) is 16.4. The van der Waals surface area contributed by atoms with E-state index in [-0.39, 0.29) is 4.90 Å². The summed E-state index contributed by atoms with van der Waals surface area (Å²) in [5.74, 6) is 0. The number of aromatic nitrogens is 1. The molecule has 0 aliphatic rings. The summed E-state index contributed by atoms with van der Waals surface area (Å²) in [6.45, 7) is 6.26. The summed E-state index contributed by atoms with van der Waals surface area (Å²) in [5, 5.41) is 0. The van der Waals surface area contributed by atoms with Crippen LogP contribution in [-0.2, 0) is 16.6 Å². The molecule has 0 fully saturated rings. The summed E-state index contributed by atoms with van der Waals surface area (Å²) >= 11 is 1.37. The van der Waals surface area contributed by atoms with Gasteiger partial charge >= 0.3 is 0 Å². The molecule has 4 nitrogen and oxygen atoms in total. The van der Waals surface area contributed by atoms with Crippen molar-refractivity contribution < 1.29 is 8.42 Å². The van der Waals surface area contributed by atoms with Crippen LogP contribution in [0.4, 0.5) is 0 Å². The van der Waals surface area contributed by atoms with Crippen LogP contribution in [0.2, 0.25) is 0 Å². The van der Waals surface area contributed by atoms with Crippen LogP contribution in [0.3, 0.4) is 0 Å². The highest BCUT2D eigenvalue weighted by molar-refractivity contribution is 7.90. The fourth-order valence-electron chi connectivity index (χ4n) is 2.30. The topological polar surface area (TPSA) is 51.4 Å². The van der Waals surface area contributed by atoms with Crippen LogP contribution in [0, 0.1) is 6.92 Å². The molecule has 3 aromatic rings. The van der Waals surface area contributed by atoms with Crippen molar-refractivity contribution in [1.82, 2.24) is 4.57 Å². The highest BCUT2D eigenvalue weighted by Crippen LogP contribution is 2.20. The van der Waals surface area contributed by atoms with Crippen LogP contribution in [0.1, 0.15) is 5.56 Å². The van der Waals surface area contributed by atoms with Crippen molar-refractivity contribution in [3.63, 3.8) is 0 Å². The lowest BCUT2D eigenvalue weighted by atomic mass is 10.2. The van der Waals surface area contributed by atoms with Gasteiger partial charge in [0.1, 0.15) is 0 Å². The molecule has 6 heteroatoms. The molecule has 2 aromatic carbocycles. The fourth-order valence-corrected chi connectivity index (χ4v) is 4.67. The van der Waals surface area contributed by atoms with E-state index in [1.165, 1.54) is 11.3 Å². The van der Waals surface area contributed by atoms with Crippen LogP contribution >= 0.6 is 11.3 Å². The Morgan fingerprint density at radius 2 is 1.96 bits per heavy atom. The number of allylic oxidation sites excluding steroid dienone is 1. The zero-order valence-corrected chi connectivity index (χ0v) is 14.3. The lowest BCUT2D eigenvalue weighted by molar-refractivity contribution is 0.596. The smallest absolute Gasteiger partial charge is 0.285 e. The molecule has 0 saturated heterocycles. The van der Waals surface area contributed by atoms with Crippen molar-refractivity contribution in [3.05, 3.63) is 71.6 Å². The molecule has 3 rings (SSSR count). The minimum Gasteiger partial charge on any atom is -0.312 e. The Labute approximate surface area is 139 Å². The number of nitrogens with zero attached hydrogens (tertiary/aromatic N) is 2. The third-order valence-corrected chi connectivity index (χ3v) is 5.83. The molecule has 0 amide bonds. The molecular weight excluding hydrogens is 328 g/mol. The van der Waals surface area contributed by atoms with Crippen LogP contribution < -0.4 is 4.80 Å². The Balaban J connectivity index is 2.26. The first-order valence-corrected chi connectivity index (χ1v) is 9.34. The number of thiazole rings is 1. The first-order chi connectivity index (χ1) is 11.0. The van der Waals surface area contributed by atoms with Crippen molar-refractivity contribution in [2.24, 2.45) is 4.40 Å². The molecule has 118 valence electrons. The molecule has 0 radical (unpaired) electrons. The number of fused-ring (bicyclic) bond motifs is 1. The first kappa shape index (κ1) is 15.7. The van der Waals surface area contributed by atoms with Gasteiger partial charge < -0.3 is 4.57 Å². The Morgan fingerprint density at radius 3 is 2.65 bits per heavy atom. The first-order valence-electron chi connectivity index (χ1n) is 7.08. The monoisotopic (exact) mass is 344 g/mol. The lowest BCUT2D eigenvalue weighted by Crippen LogP contribution is -2.16. The summed E-state index contributed by atoms with van der Waals surface area (Å²) in [5.41, 5.74) is 2.09. The molecule has 0 unspecified atom stereocenters. The number of hydrogen-bond acceptors (Lipinski definition) is 3. The molecule has 23 heavy (non-hydrogen) atoms. The predicted octanol–water partition coefficient (Wildman–Crippen LogP) is 3.49. The predicted molar refractivity (Wildman–Crippen MR) is 93.9 cm³/mol. The van der Waals surface area contributed by atoms with Crippen LogP contribution in [0.15, 0.2) is 70.5 Å². The molecule has 0 spiro atoms. The minimum atomic E-state index is -3.73. The second-order valence-electron chi connectivity index (χ2n) is 5.13. The number of hydrogen-bond donors (Lipinski definition) is 0. The van der Waals surface area contributed by atoms with Crippen molar-refractivity contribution in [2.45, 2.75) is 18.4 Å². The third kappa shape index (κ3) is 3.13. The number of rotatable bonds is 4. The Morgan fingerprint density at radius 1 is 1.22 bits per heavy atom. The molecule has 0 bridgehead atoms. The quantitative estimate of drug-likeness (QED) is 0.680. The molecule has 1 aromatic heterocycles. The summed E-state index contributed by atoms with van der Waals surface area (Å²) in [6.07, 6.45) is 1.74. The van der Waals surface area contributed by atoms with Gasteiger partial charge in [-0.3, -0.25) is 0 Å². The van der Waals surface area contributed by atoms with Gasteiger partial charge in [-0.1, -0.05) is 41.7 Å². The van der Waals surface area contributed by atoms with E-state index < -0.39 is 10.0 Å². The Kier molecular flexibility index (Phi) is 4.19. The van der Waals surface area contributed by atoms with E-state index >= 15 is 0 Å². The Bertz CT molecular complexity index is 1030. The van der Waals surface area contributed by atoms with E-state index in [2.05, 4.69) is 11.0 Å². The van der Waals surface area contributed by atoms with Crippen LogP contribution in [0.25, 0.3) is 10.2 Å². The summed E-state index contributed by atoms with van der Waals surface area (Å²) in [4.78, 5) is 0.646. The number of benzene rings is 2. The van der Waals surface area contributed by atoms with Gasteiger partial charge in [-0.25, -0.2) is 0 Å². The number of sulfonamides is 1. The highest BCUT2D eigenvalue weighted by atomic mass is 32.2. The van der Waals surface area contributed by atoms with Gasteiger partial charge in [0, 0.05) is 6.54 Å². The molecule has 0 atom stereocenters. The van der Waals surface area contributed by atoms with E-state index in [1.807, 2.05) is 29.7 Å². The van der Waals surface area contributed by atoms with Gasteiger partial charge in [0.05, 0.1) is 15.1 Å². The van der Waals surface area contributed by atoms with Crippen molar-refractivity contribution in [1.29, 1.82) is 0 Å². The van der Waals surface area contributed by atoms with Gasteiger partial charge in [-0.2, -0.15) is 8.42 Å². The summed E-state index contributed by atoms with van der Waals surface area (Å²) in [6, 6.07) is 14.3. The second-order valence-corrected chi connectivity index (χ2v) is 7.75. The van der Waals surface area contributed by atoms with Crippen LogP contribution in [0.5, 0.6) is 0 Å². The van der Waals surface area contributed by atoms with Gasteiger partial charge in [-0.15, -0.1) is 11.0 Å². The minimum absolute atomic E-state index is 0.193. The number of aryl methyl sites for hydroxylation is 1. The summed E-state index contributed by atoms with van der Waals surface area (Å²) in [7, 11) is -3.73. The molecule has 0 saturated carbocycles. The maximum Gasteiger partial charge on any atom is 0.285 e. The standard InChI is InChI=1S/C17H16N2O2S2/c1-3-11-19-15-10-9-13(2)12-16(15)22-17(19)18-23(20,21)14-7-5-4-6-8-14/h3-10,12H,1,11H2,2H3/b18-17-. The summed E-state index contributed by atoms with van der Waals surface area (Å²) < 4.78 is 31.9. The van der Waals surface area contributed by atoms with E-state index in [9.17, 15) is 8.42 Å². The van der Waals surface area contributed by atoms with E-state index in [1.54, 1.807) is 36.4 Å². The van der Waals surface area contributed by atoms with Crippen molar-refractivity contribution in [3.8, 4) is 0 Å². The molecule has 0 aliphatic carbocycles. The van der Waals surface area contributed by atoms with Crippen LogP contribution in [-0.4, -0.2) is 13.0 Å².